The van der Waals surface area contributed by atoms with Crippen LogP contribution in [0.4, 0.5) is 0 Å². The van der Waals surface area contributed by atoms with Crippen molar-refractivity contribution in [2.24, 2.45) is 0 Å². The molecule has 0 saturated carbocycles. The fraction of sp³-hybridized carbons (Fsp3) is 0.0769. The monoisotopic (exact) mass is 508 g/mol. The van der Waals surface area contributed by atoms with Crippen LogP contribution in [-0.4, -0.2) is 56.0 Å². The molecule has 10 nitrogen and oxygen atoms in total. The third-order valence-corrected chi connectivity index (χ3v) is 5.19. The van der Waals surface area contributed by atoms with E-state index in [1.54, 1.807) is 0 Å². The van der Waals surface area contributed by atoms with Crippen molar-refractivity contribution < 1.29 is 53.3 Å². The van der Waals surface area contributed by atoms with Crippen LogP contribution in [0.1, 0.15) is 0 Å². The van der Waals surface area contributed by atoms with Gasteiger partial charge in [0, 0.05) is 21.6 Å². The van der Waals surface area contributed by atoms with Gasteiger partial charge in [-0.1, -0.05) is 85.0 Å². The highest BCUT2D eigenvalue weighted by Crippen LogP contribution is 2.17. The number of allylic oxidation sites excluding steroid dienone is 4. The van der Waals surface area contributed by atoms with Crippen molar-refractivity contribution in [3.63, 3.8) is 0 Å². The minimum Gasteiger partial charge on any atom is -0.489 e. The Balaban J connectivity index is -0.000000233. The van der Waals surface area contributed by atoms with Gasteiger partial charge < -0.3 is 53.3 Å². The second-order valence-electron chi connectivity index (χ2n) is 6.92. The first kappa shape index (κ1) is 39.4. The van der Waals surface area contributed by atoms with Crippen molar-refractivity contribution in [2.45, 2.75) is 12.2 Å². The lowest BCUT2D eigenvalue weighted by molar-refractivity contribution is 0.275. The fourth-order valence-corrected chi connectivity index (χ4v) is 3.79. The number of rotatable bonds is 0. The molecular formula is C26H36O10. The molecule has 2 aromatic carbocycles. The number of fused-ring (bicyclic) bond motifs is 4. The average molecular weight is 509 g/mol. The van der Waals surface area contributed by atoms with Crippen LogP contribution in [0, 0.1) is 0 Å². The molecule has 0 spiro atoms. The van der Waals surface area contributed by atoms with Crippen LogP contribution in [0.5, 0.6) is 0 Å². The molecule has 2 aliphatic carbocycles. The smallest absolute Gasteiger partial charge is 0.142 e. The van der Waals surface area contributed by atoms with E-state index in [0.29, 0.717) is 0 Å². The summed E-state index contributed by atoms with van der Waals surface area (Å²) in [5.41, 5.74) is 2.51. The molecule has 2 unspecified atom stereocenters. The molecular weight excluding hydrogens is 472 g/mol. The summed E-state index contributed by atoms with van der Waals surface area (Å²) in [5.74, 6) is 0. The van der Waals surface area contributed by atoms with E-state index in [9.17, 15) is 0 Å². The van der Waals surface area contributed by atoms with Crippen LogP contribution in [0.3, 0.4) is 0 Å². The number of hydrogen-bond acceptors (Lipinski definition) is 2. The van der Waals surface area contributed by atoms with Gasteiger partial charge in [0.05, 0.1) is 12.5 Å². The minimum absolute atomic E-state index is 0. The maximum atomic E-state index is 5.61. The summed E-state index contributed by atoms with van der Waals surface area (Å²) in [4.78, 5) is 0. The van der Waals surface area contributed by atoms with Crippen LogP contribution in [0.2, 0.25) is 0 Å². The molecule has 36 heavy (non-hydrogen) atoms. The van der Waals surface area contributed by atoms with Gasteiger partial charge in [-0.25, -0.2) is 0 Å². The Morgan fingerprint density at radius 2 is 0.806 bits per heavy atom. The van der Waals surface area contributed by atoms with Crippen molar-refractivity contribution in [1.82, 2.24) is 0 Å². The molecule has 6 rings (SSSR count). The number of benzene rings is 2. The molecule has 2 aliphatic heterocycles. The van der Waals surface area contributed by atoms with Crippen molar-refractivity contribution in [2.75, 3.05) is 0 Å². The predicted octanol–water partition coefficient (Wildman–Crippen LogP) is -4.40. The number of hydrogen-bond donors (Lipinski definition) is 0. The van der Waals surface area contributed by atoms with Crippen LogP contribution < -0.4 is 20.9 Å². The normalized spacial score (nSPS) is 17.1. The van der Waals surface area contributed by atoms with Gasteiger partial charge in [-0.2, -0.15) is 0 Å². The second kappa shape index (κ2) is 17.6. The third-order valence-electron chi connectivity index (χ3n) is 5.19. The van der Waals surface area contributed by atoms with Crippen molar-refractivity contribution in [1.29, 1.82) is 0 Å². The zero-order chi connectivity index (χ0) is 18.8. The molecule has 0 radical (unpaired) electrons. The van der Waals surface area contributed by atoms with E-state index in [2.05, 4.69) is 72.9 Å². The van der Waals surface area contributed by atoms with Crippen molar-refractivity contribution in [3.8, 4) is 0 Å². The summed E-state index contributed by atoms with van der Waals surface area (Å²) in [7, 11) is 0. The molecule has 16 N–H and O–H groups in total. The SMILES string of the molecule is C1=CC2=c3ccccc3=COC2C=C1.C1=CC2=c3ccccc3=COC2C=C1.O.O.O.O.O.O.O.O. The highest BCUT2D eigenvalue weighted by Gasteiger charge is 2.16. The van der Waals surface area contributed by atoms with Gasteiger partial charge in [0.25, 0.3) is 0 Å². The van der Waals surface area contributed by atoms with E-state index in [1.807, 2.05) is 36.8 Å². The lowest BCUT2D eigenvalue weighted by Crippen LogP contribution is -2.35. The minimum atomic E-state index is 0. The highest BCUT2D eigenvalue weighted by atomic mass is 16.5. The van der Waals surface area contributed by atoms with Crippen molar-refractivity contribution >= 4 is 23.7 Å². The van der Waals surface area contributed by atoms with Crippen LogP contribution in [0.15, 0.2) is 97.1 Å². The molecule has 2 aromatic rings. The van der Waals surface area contributed by atoms with Crippen LogP contribution in [-0.2, 0) is 9.47 Å². The van der Waals surface area contributed by atoms with Crippen molar-refractivity contribution in [3.05, 3.63) is 118 Å². The van der Waals surface area contributed by atoms with E-state index < -0.39 is 0 Å². The summed E-state index contributed by atoms with van der Waals surface area (Å²) in [6.45, 7) is 0. The zero-order valence-corrected chi connectivity index (χ0v) is 19.4. The van der Waals surface area contributed by atoms with Gasteiger partial charge in [-0.05, 0) is 22.6 Å². The van der Waals surface area contributed by atoms with E-state index in [0.717, 1.165) is 0 Å². The summed E-state index contributed by atoms with van der Waals surface area (Å²) in [6.07, 6.45) is 20.4. The van der Waals surface area contributed by atoms with E-state index in [4.69, 9.17) is 9.47 Å². The quantitative estimate of drug-likeness (QED) is 0.341. The van der Waals surface area contributed by atoms with Gasteiger partial charge in [0.15, 0.2) is 0 Å². The third kappa shape index (κ3) is 7.58. The molecule has 2 atom stereocenters. The average Bonchev–Trinajstić information content (AvgIpc) is 2.79. The van der Waals surface area contributed by atoms with Gasteiger partial charge in [-0.15, -0.1) is 0 Å². The highest BCUT2D eigenvalue weighted by molar-refractivity contribution is 5.68. The second-order valence-corrected chi connectivity index (χ2v) is 6.92. The van der Waals surface area contributed by atoms with Crippen LogP contribution >= 0.6 is 0 Å². The van der Waals surface area contributed by atoms with Crippen LogP contribution in [0.25, 0.3) is 23.7 Å². The van der Waals surface area contributed by atoms with Gasteiger partial charge in [0.2, 0.25) is 0 Å². The fourth-order valence-electron chi connectivity index (χ4n) is 3.79. The van der Waals surface area contributed by atoms with Gasteiger partial charge in [0.1, 0.15) is 12.2 Å². The first-order valence-electron chi connectivity index (χ1n) is 9.50. The molecule has 0 fully saturated rings. The molecule has 4 aliphatic rings. The maximum absolute atomic E-state index is 5.61. The topological polar surface area (TPSA) is 270 Å². The summed E-state index contributed by atoms with van der Waals surface area (Å²) >= 11 is 0. The molecule has 0 amide bonds. The largest absolute Gasteiger partial charge is 0.489 e. The van der Waals surface area contributed by atoms with E-state index in [1.165, 1.54) is 32.0 Å². The number of ether oxygens (including phenoxy) is 2. The van der Waals surface area contributed by atoms with E-state index in [-0.39, 0.29) is 56.0 Å². The predicted molar refractivity (Wildman–Crippen MR) is 142 cm³/mol. The summed E-state index contributed by atoms with van der Waals surface area (Å²) in [6, 6.07) is 16.6. The lowest BCUT2D eigenvalue weighted by Gasteiger charge is -2.20. The Hall–Kier alpha value is -3.84. The standard InChI is InChI=1S/2C13H10O.8H2O/c2*1-2-6-11-10(5-1)9-14-13-8-4-3-7-12(11)13;;;;;;;;/h2*1-9,13H;8*1H2. The Kier molecular flexibility index (Phi) is 19.2. The molecule has 200 valence electrons. The Bertz CT molecular complexity index is 1190. The molecule has 0 saturated heterocycles. The molecule has 0 aromatic heterocycles. The Morgan fingerprint density at radius 3 is 1.19 bits per heavy atom. The maximum Gasteiger partial charge on any atom is 0.142 e. The molecule has 2 heterocycles. The van der Waals surface area contributed by atoms with Gasteiger partial charge in [-0.3, -0.25) is 0 Å². The van der Waals surface area contributed by atoms with E-state index >= 15 is 0 Å². The molecule has 10 heteroatoms. The first-order valence-corrected chi connectivity index (χ1v) is 9.50. The lowest BCUT2D eigenvalue weighted by atomic mass is 9.99. The zero-order valence-electron chi connectivity index (χ0n) is 19.4. The summed E-state index contributed by atoms with van der Waals surface area (Å²) < 4.78 is 11.2. The Morgan fingerprint density at radius 1 is 0.444 bits per heavy atom. The van der Waals surface area contributed by atoms with Gasteiger partial charge >= 0.3 is 0 Å². The Labute approximate surface area is 207 Å². The first-order chi connectivity index (χ1) is 13.9. The molecule has 0 bridgehead atoms. The summed E-state index contributed by atoms with van der Waals surface area (Å²) in [5, 5.41) is 4.89.